The van der Waals surface area contributed by atoms with E-state index in [1.54, 1.807) is 7.05 Å². The molecule has 0 saturated heterocycles. The fraction of sp³-hybridized carbons (Fsp3) is 0.857. The fourth-order valence-electron chi connectivity index (χ4n) is 0.606. The van der Waals surface area contributed by atoms with Crippen molar-refractivity contribution >= 4 is 5.90 Å². The van der Waals surface area contributed by atoms with E-state index in [1.165, 1.54) is 0 Å². The SMILES string of the molecule is CN=C(CC(C)(C)C)OO. The van der Waals surface area contributed by atoms with Crippen LogP contribution in [0.4, 0.5) is 0 Å². The van der Waals surface area contributed by atoms with Crippen LogP contribution in [-0.2, 0) is 4.89 Å². The van der Waals surface area contributed by atoms with E-state index < -0.39 is 0 Å². The molecule has 3 heteroatoms. The van der Waals surface area contributed by atoms with Gasteiger partial charge in [-0.2, -0.15) is 0 Å². The van der Waals surface area contributed by atoms with E-state index in [4.69, 9.17) is 5.26 Å². The van der Waals surface area contributed by atoms with Crippen molar-refractivity contribution < 1.29 is 10.1 Å². The minimum Gasteiger partial charge on any atom is -0.325 e. The van der Waals surface area contributed by atoms with Crippen LogP contribution in [0.1, 0.15) is 27.2 Å². The van der Waals surface area contributed by atoms with Crippen LogP contribution in [0.3, 0.4) is 0 Å². The Balaban J connectivity index is 3.88. The summed E-state index contributed by atoms with van der Waals surface area (Å²) in [6, 6.07) is 0. The molecule has 0 amide bonds. The van der Waals surface area contributed by atoms with E-state index in [-0.39, 0.29) is 5.41 Å². The molecule has 0 aromatic heterocycles. The number of nitrogens with zero attached hydrogens (tertiary/aromatic N) is 1. The molecular weight excluding hydrogens is 130 g/mol. The summed E-state index contributed by atoms with van der Waals surface area (Å²) in [5.74, 6) is 0.382. The third-order valence-electron chi connectivity index (χ3n) is 1.04. The summed E-state index contributed by atoms with van der Waals surface area (Å²) in [5, 5.41) is 8.26. The summed E-state index contributed by atoms with van der Waals surface area (Å²) >= 11 is 0. The van der Waals surface area contributed by atoms with E-state index in [1.807, 2.05) is 0 Å². The zero-order valence-electron chi connectivity index (χ0n) is 7.01. The van der Waals surface area contributed by atoms with Gasteiger partial charge in [-0.25, -0.2) is 5.26 Å². The highest BCUT2D eigenvalue weighted by atomic mass is 17.1. The fourth-order valence-corrected chi connectivity index (χ4v) is 0.606. The van der Waals surface area contributed by atoms with Crippen LogP contribution in [0.2, 0.25) is 0 Å². The van der Waals surface area contributed by atoms with Gasteiger partial charge in [0.15, 0.2) is 0 Å². The Kier molecular flexibility index (Phi) is 3.36. The lowest BCUT2D eigenvalue weighted by molar-refractivity contribution is -0.158. The third kappa shape index (κ3) is 4.32. The molecule has 0 aliphatic rings. The second-order valence-electron chi connectivity index (χ2n) is 3.45. The van der Waals surface area contributed by atoms with Crippen LogP contribution in [-0.4, -0.2) is 18.2 Å². The molecule has 10 heavy (non-hydrogen) atoms. The highest BCUT2D eigenvalue weighted by molar-refractivity contribution is 5.75. The maximum atomic E-state index is 8.26. The van der Waals surface area contributed by atoms with Gasteiger partial charge in [-0.05, 0) is 5.41 Å². The van der Waals surface area contributed by atoms with Crippen LogP contribution >= 0.6 is 0 Å². The molecule has 3 nitrogen and oxygen atoms in total. The molecule has 0 spiro atoms. The van der Waals surface area contributed by atoms with Gasteiger partial charge >= 0.3 is 0 Å². The lowest BCUT2D eigenvalue weighted by Gasteiger charge is -2.16. The average Bonchev–Trinajstić information content (AvgIpc) is 1.81. The quantitative estimate of drug-likeness (QED) is 0.265. The molecule has 0 unspecified atom stereocenters. The van der Waals surface area contributed by atoms with E-state index in [2.05, 4.69) is 30.7 Å². The maximum absolute atomic E-state index is 8.26. The van der Waals surface area contributed by atoms with Crippen LogP contribution in [0.15, 0.2) is 4.99 Å². The lowest BCUT2D eigenvalue weighted by Crippen LogP contribution is -2.14. The topological polar surface area (TPSA) is 41.8 Å². The molecular formula is C7H15NO2. The van der Waals surface area contributed by atoms with Crippen molar-refractivity contribution in [3.63, 3.8) is 0 Å². The summed E-state index contributed by atoms with van der Waals surface area (Å²) in [4.78, 5) is 7.76. The van der Waals surface area contributed by atoms with E-state index >= 15 is 0 Å². The van der Waals surface area contributed by atoms with Crippen molar-refractivity contribution in [1.82, 2.24) is 0 Å². The van der Waals surface area contributed by atoms with Crippen molar-refractivity contribution in [3.05, 3.63) is 0 Å². The largest absolute Gasteiger partial charge is 0.325 e. The van der Waals surface area contributed by atoms with Crippen LogP contribution in [0.25, 0.3) is 0 Å². The Labute approximate surface area is 61.7 Å². The Hall–Kier alpha value is -0.570. The summed E-state index contributed by atoms with van der Waals surface area (Å²) < 4.78 is 0. The molecule has 0 aromatic rings. The highest BCUT2D eigenvalue weighted by Gasteiger charge is 2.14. The van der Waals surface area contributed by atoms with Gasteiger partial charge in [0.25, 0.3) is 0 Å². The van der Waals surface area contributed by atoms with Gasteiger partial charge in [-0.3, -0.25) is 4.99 Å². The zero-order valence-corrected chi connectivity index (χ0v) is 7.01. The number of rotatable bonds is 1. The second kappa shape index (κ2) is 3.56. The molecule has 0 radical (unpaired) electrons. The molecule has 0 rings (SSSR count). The summed E-state index contributed by atoms with van der Waals surface area (Å²) in [6.07, 6.45) is 0.653. The molecule has 0 aliphatic heterocycles. The van der Waals surface area contributed by atoms with Crippen molar-refractivity contribution in [1.29, 1.82) is 0 Å². The standard InChI is InChI=1S/C7H15NO2/c1-7(2,3)5-6(8-4)10-9/h9H,5H2,1-4H3. The van der Waals surface area contributed by atoms with Crippen molar-refractivity contribution in [2.75, 3.05) is 7.05 Å². The molecule has 0 aliphatic carbocycles. The Morgan fingerprint density at radius 2 is 2.00 bits per heavy atom. The number of aliphatic imine (C=N–C) groups is 1. The molecule has 0 heterocycles. The summed E-state index contributed by atoms with van der Waals surface area (Å²) in [5.41, 5.74) is 0.109. The molecule has 0 aromatic carbocycles. The average molecular weight is 145 g/mol. The van der Waals surface area contributed by atoms with Gasteiger partial charge in [0.05, 0.1) is 0 Å². The van der Waals surface area contributed by atoms with Gasteiger partial charge < -0.3 is 4.89 Å². The van der Waals surface area contributed by atoms with Gasteiger partial charge in [-0.15, -0.1) is 0 Å². The first-order valence-electron chi connectivity index (χ1n) is 3.26. The Bertz CT molecular complexity index is 124. The number of hydrogen-bond acceptors (Lipinski definition) is 3. The number of hydrogen-bond donors (Lipinski definition) is 1. The summed E-state index contributed by atoms with van der Waals surface area (Å²) in [6.45, 7) is 6.16. The summed E-state index contributed by atoms with van der Waals surface area (Å²) in [7, 11) is 1.59. The Morgan fingerprint density at radius 1 is 1.50 bits per heavy atom. The van der Waals surface area contributed by atoms with E-state index in [9.17, 15) is 0 Å². The molecule has 0 bridgehead atoms. The lowest BCUT2D eigenvalue weighted by atomic mass is 9.92. The first-order chi connectivity index (χ1) is 4.49. The van der Waals surface area contributed by atoms with Crippen molar-refractivity contribution in [2.45, 2.75) is 27.2 Å². The van der Waals surface area contributed by atoms with Crippen molar-refractivity contribution in [3.8, 4) is 0 Å². The molecule has 60 valence electrons. The minimum absolute atomic E-state index is 0.109. The monoisotopic (exact) mass is 145 g/mol. The van der Waals surface area contributed by atoms with Gasteiger partial charge in [0, 0.05) is 13.5 Å². The first-order valence-corrected chi connectivity index (χ1v) is 3.26. The van der Waals surface area contributed by atoms with Crippen LogP contribution in [0.5, 0.6) is 0 Å². The normalized spacial score (nSPS) is 13.5. The van der Waals surface area contributed by atoms with E-state index in [0.29, 0.717) is 12.3 Å². The highest BCUT2D eigenvalue weighted by Crippen LogP contribution is 2.18. The first kappa shape index (κ1) is 9.43. The third-order valence-corrected chi connectivity index (χ3v) is 1.04. The molecule has 0 atom stereocenters. The second-order valence-corrected chi connectivity index (χ2v) is 3.45. The minimum atomic E-state index is 0.109. The smallest absolute Gasteiger partial charge is 0.227 e. The Morgan fingerprint density at radius 3 is 2.10 bits per heavy atom. The zero-order chi connectivity index (χ0) is 8.20. The van der Waals surface area contributed by atoms with E-state index in [0.717, 1.165) is 0 Å². The molecule has 0 fully saturated rings. The van der Waals surface area contributed by atoms with Crippen LogP contribution < -0.4 is 0 Å². The molecule has 0 saturated carbocycles. The molecule has 1 N–H and O–H groups in total. The van der Waals surface area contributed by atoms with Gasteiger partial charge in [-0.1, -0.05) is 20.8 Å². The van der Waals surface area contributed by atoms with Crippen molar-refractivity contribution in [2.24, 2.45) is 10.4 Å². The van der Waals surface area contributed by atoms with Crippen LogP contribution in [0, 0.1) is 5.41 Å². The van der Waals surface area contributed by atoms with Gasteiger partial charge in [0.1, 0.15) is 0 Å². The predicted molar refractivity (Wildman–Crippen MR) is 41.1 cm³/mol. The van der Waals surface area contributed by atoms with Gasteiger partial charge in [0.2, 0.25) is 5.90 Å². The predicted octanol–water partition coefficient (Wildman–Crippen LogP) is 1.94. The maximum Gasteiger partial charge on any atom is 0.227 e.